The fourth-order valence-corrected chi connectivity index (χ4v) is 4.30. The maximum Gasteiger partial charge on any atom is 0.246 e. The molecule has 0 bridgehead atoms. The predicted octanol–water partition coefficient (Wildman–Crippen LogP) is 1.89. The van der Waals surface area contributed by atoms with Gasteiger partial charge in [-0.25, -0.2) is 12.7 Å². The van der Waals surface area contributed by atoms with Gasteiger partial charge in [-0.1, -0.05) is 6.92 Å². The maximum atomic E-state index is 12.8. The third-order valence-electron chi connectivity index (χ3n) is 4.11. The number of nitrogens with one attached hydrogen (secondary N) is 1. The number of hydrogen-bond donors (Lipinski definition) is 1. The first-order valence-electron chi connectivity index (χ1n) is 6.98. The molecule has 1 heterocycles. The normalized spacial score (nSPS) is 22.5. The molecule has 0 saturated heterocycles. The van der Waals surface area contributed by atoms with E-state index in [1.165, 1.54) is 4.31 Å². The quantitative estimate of drug-likeness (QED) is 0.871. The Bertz CT molecular complexity index is 592. The van der Waals surface area contributed by atoms with Crippen molar-refractivity contribution >= 4 is 10.0 Å². The second-order valence-corrected chi connectivity index (χ2v) is 7.79. The lowest BCUT2D eigenvalue weighted by atomic mass is 10.2. The molecule has 2 atom stereocenters. The minimum Gasteiger partial charge on any atom is -0.465 e. The molecular weight excluding hydrogens is 276 g/mol. The van der Waals surface area contributed by atoms with Gasteiger partial charge in [0.2, 0.25) is 10.0 Å². The maximum absolute atomic E-state index is 12.8. The summed E-state index contributed by atoms with van der Waals surface area (Å²) in [5, 5.41) is 3.01. The lowest BCUT2D eigenvalue weighted by Crippen LogP contribution is -2.30. The van der Waals surface area contributed by atoms with Gasteiger partial charge < -0.3 is 9.73 Å². The third-order valence-corrected chi connectivity index (χ3v) is 6.13. The van der Waals surface area contributed by atoms with E-state index in [-0.39, 0.29) is 0 Å². The van der Waals surface area contributed by atoms with Crippen molar-refractivity contribution in [3.05, 3.63) is 17.1 Å². The number of furan rings is 1. The highest BCUT2D eigenvalue weighted by molar-refractivity contribution is 7.89. The summed E-state index contributed by atoms with van der Waals surface area (Å²) in [7, 11) is -0.0232. The average Bonchev–Trinajstić information content (AvgIpc) is 2.94. The molecular formula is C14H24N2O3S. The zero-order chi connectivity index (χ0) is 15.1. The molecule has 1 aromatic rings. The predicted molar refractivity (Wildman–Crippen MR) is 78.0 cm³/mol. The summed E-state index contributed by atoms with van der Waals surface area (Å²) in [6.07, 6.45) is 1.12. The lowest BCUT2D eigenvalue weighted by molar-refractivity contribution is 0.440. The van der Waals surface area contributed by atoms with E-state index < -0.39 is 10.0 Å². The number of hydrogen-bond acceptors (Lipinski definition) is 4. The standard InChI is InChI=1S/C14H24N2O3S/c1-9-6-12(9)8-16(5)20(17,18)14-11(3)19-10(2)13(14)7-15-4/h9,12,15H,6-8H2,1-5H3. The molecule has 1 aliphatic rings. The summed E-state index contributed by atoms with van der Waals surface area (Å²) < 4.78 is 32.5. The highest BCUT2D eigenvalue weighted by Crippen LogP contribution is 2.39. The topological polar surface area (TPSA) is 62.6 Å². The van der Waals surface area contributed by atoms with E-state index in [4.69, 9.17) is 4.42 Å². The second kappa shape index (κ2) is 5.50. The van der Waals surface area contributed by atoms with Crippen LogP contribution >= 0.6 is 0 Å². The van der Waals surface area contributed by atoms with Crippen molar-refractivity contribution in [3.8, 4) is 0 Å². The van der Waals surface area contributed by atoms with Gasteiger partial charge in [0.05, 0.1) is 0 Å². The Hall–Kier alpha value is -0.850. The van der Waals surface area contributed by atoms with Gasteiger partial charge in [-0.3, -0.25) is 0 Å². The summed E-state index contributed by atoms with van der Waals surface area (Å²) >= 11 is 0. The number of nitrogens with zero attached hydrogens (tertiary/aromatic N) is 1. The van der Waals surface area contributed by atoms with Crippen LogP contribution in [-0.4, -0.2) is 33.4 Å². The summed E-state index contributed by atoms with van der Waals surface area (Å²) in [5.41, 5.74) is 0.737. The smallest absolute Gasteiger partial charge is 0.246 e. The van der Waals surface area contributed by atoms with Gasteiger partial charge in [0.1, 0.15) is 16.4 Å². The van der Waals surface area contributed by atoms with Crippen LogP contribution in [-0.2, 0) is 16.6 Å². The van der Waals surface area contributed by atoms with Crippen LogP contribution in [0.2, 0.25) is 0 Å². The minimum atomic E-state index is -3.48. The number of sulfonamides is 1. The SMILES string of the molecule is CNCc1c(C)oc(C)c1S(=O)(=O)N(C)CC1CC1C. The van der Waals surface area contributed by atoms with Crippen molar-refractivity contribution in [1.29, 1.82) is 0 Å². The molecule has 0 amide bonds. The fraction of sp³-hybridized carbons (Fsp3) is 0.714. The Morgan fingerprint density at radius 3 is 2.45 bits per heavy atom. The average molecular weight is 300 g/mol. The van der Waals surface area contributed by atoms with Gasteiger partial charge in [0.25, 0.3) is 0 Å². The monoisotopic (exact) mass is 300 g/mol. The molecule has 1 aliphatic carbocycles. The Morgan fingerprint density at radius 1 is 1.35 bits per heavy atom. The molecule has 0 spiro atoms. The molecule has 6 heteroatoms. The summed E-state index contributed by atoms with van der Waals surface area (Å²) in [4.78, 5) is 0.333. The first-order chi connectivity index (χ1) is 9.28. The Balaban J connectivity index is 2.33. The van der Waals surface area contributed by atoms with Crippen molar-refractivity contribution in [1.82, 2.24) is 9.62 Å². The van der Waals surface area contributed by atoms with Crippen LogP contribution in [0.1, 0.15) is 30.4 Å². The van der Waals surface area contributed by atoms with Crippen LogP contribution in [0.5, 0.6) is 0 Å². The Labute approximate surface area is 121 Å². The molecule has 1 aromatic heterocycles. The minimum absolute atomic E-state index is 0.333. The van der Waals surface area contributed by atoms with Crippen molar-refractivity contribution in [3.63, 3.8) is 0 Å². The lowest BCUT2D eigenvalue weighted by Gasteiger charge is -2.17. The zero-order valence-electron chi connectivity index (χ0n) is 12.9. The molecule has 20 heavy (non-hydrogen) atoms. The van der Waals surface area contributed by atoms with E-state index in [9.17, 15) is 8.42 Å². The van der Waals surface area contributed by atoms with Gasteiger partial charge in [0.15, 0.2) is 0 Å². The molecule has 1 N–H and O–H groups in total. The fourth-order valence-electron chi connectivity index (χ4n) is 2.67. The molecule has 0 aromatic carbocycles. The van der Waals surface area contributed by atoms with Crippen LogP contribution in [0, 0.1) is 25.7 Å². The largest absolute Gasteiger partial charge is 0.465 e. The molecule has 2 unspecified atom stereocenters. The first kappa shape index (κ1) is 15.5. The van der Waals surface area contributed by atoms with Crippen LogP contribution in [0.15, 0.2) is 9.31 Å². The molecule has 5 nitrogen and oxygen atoms in total. The number of rotatable bonds is 6. The van der Waals surface area contributed by atoms with Crippen molar-refractivity contribution < 1.29 is 12.8 Å². The van der Waals surface area contributed by atoms with Crippen LogP contribution in [0.25, 0.3) is 0 Å². The molecule has 0 radical (unpaired) electrons. The molecule has 0 aliphatic heterocycles. The van der Waals surface area contributed by atoms with E-state index in [2.05, 4.69) is 12.2 Å². The Morgan fingerprint density at radius 2 is 1.95 bits per heavy atom. The molecule has 1 saturated carbocycles. The van der Waals surface area contributed by atoms with Crippen LogP contribution in [0.3, 0.4) is 0 Å². The summed E-state index contributed by atoms with van der Waals surface area (Å²) in [5.74, 6) is 2.28. The second-order valence-electron chi connectivity index (χ2n) is 5.81. The van der Waals surface area contributed by atoms with Crippen molar-refractivity contribution in [2.24, 2.45) is 11.8 Å². The van der Waals surface area contributed by atoms with Gasteiger partial charge in [0, 0.05) is 25.7 Å². The summed E-state index contributed by atoms with van der Waals surface area (Å²) in [6.45, 7) is 6.76. The van der Waals surface area contributed by atoms with Gasteiger partial charge in [-0.05, 0) is 39.2 Å². The van der Waals surface area contributed by atoms with E-state index in [0.29, 0.717) is 41.3 Å². The molecule has 1 fully saturated rings. The zero-order valence-corrected chi connectivity index (χ0v) is 13.7. The van der Waals surface area contributed by atoms with E-state index in [0.717, 1.165) is 12.0 Å². The van der Waals surface area contributed by atoms with E-state index in [1.54, 1.807) is 21.0 Å². The van der Waals surface area contributed by atoms with Crippen molar-refractivity contribution in [2.45, 2.75) is 38.6 Å². The molecule has 114 valence electrons. The first-order valence-corrected chi connectivity index (χ1v) is 8.42. The van der Waals surface area contributed by atoms with Gasteiger partial charge in [-0.2, -0.15) is 0 Å². The Kier molecular flexibility index (Phi) is 4.27. The highest BCUT2D eigenvalue weighted by Gasteiger charge is 2.38. The van der Waals surface area contributed by atoms with Crippen LogP contribution in [0.4, 0.5) is 0 Å². The van der Waals surface area contributed by atoms with E-state index >= 15 is 0 Å². The van der Waals surface area contributed by atoms with Crippen LogP contribution < -0.4 is 5.32 Å². The van der Waals surface area contributed by atoms with E-state index in [1.807, 2.05) is 6.92 Å². The molecule has 2 rings (SSSR count). The number of aryl methyl sites for hydroxylation is 2. The highest BCUT2D eigenvalue weighted by atomic mass is 32.2. The summed E-state index contributed by atoms with van der Waals surface area (Å²) in [6, 6.07) is 0. The van der Waals surface area contributed by atoms with Gasteiger partial charge >= 0.3 is 0 Å². The van der Waals surface area contributed by atoms with Crippen molar-refractivity contribution in [2.75, 3.05) is 20.6 Å². The third kappa shape index (κ3) is 2.77. The van der Waals surface area contributed by atoms with Gasteiger partial charge in [-0.15, -0.1) is 0 Å².